The second kappa shape index (κ2) is 79.6. The van der Waals surface area contributed by atoms with Gasteiger partial charge in [0.2, 0.25) is 0 Å². The summed E-state index contributed by atoms with van der Waals surface area (Å²) in [7, 11) is -4.52. The van der Waals surface area contributed by atoms with Crippen molar-refractivity contribution in [3.63, 3.8) is 0 Å². The first-order valence-corrected chi connectivity index (χ1v) is 247. The van der Waals surface area contributed by atoms with Gasteiger partial charge in [-0.15, -0.1) is 0 Å². The van der Waals surface area contributed by atoms with Gasteiger partial charge in [-0.05, 0) is 12.1 Å². The zero-order valence-electron chi connectivity index (χ0n) is 42.2. The molecule has 12 nitrogen and oxygen atoms in total. The molecule has 3 unspecified atom stereocenters. The molecule has 81 heavy (non-hydrogen) atoms. The van der Waals surface area contributed by atoms with Crippen molar-refractivity contribution >= 4 is 521 Å². The van der Waals surface area contributed by atoms with E-state index in [1.54, 1.807) is 45.6 Å². The molecule has 0 aliphatic carbocycles. The number of halogens is 38. The van der Waals surface area contributed by atoms with Crippen LogP contribution >= 0.6 is 499 Å². The van der Waals surface area contributed by atoms with Crippen LogP contribution < -0.4 is 32.4 Å². The SMILES string of the molecule is C.CC.CC.CN1C(=O)c2ccccc2C1=O.COCC(C)CO.COCC(C)CON.COCC(C)COS(C)(=O)=O.I[I-]I.I[I-]I(I)I(I)I(I)I(I)I(I)I(I)I(I)I(I)I(I)I(I)I(I)I(I)I(I)I(I)I(I)I(I)I. The number of aliphatic hydroxyl groups is 1. The predicted molar refractivity (Wildman–Crippen MR) is 678 cm³/mol. The molecular weight excluding hydrogens is 5400 g/mol. The van der Waals surface area contributed by atoms with E-state index in [2.05, 4.69) is 381 Å². The van der Waals surface area contributed by atoms with Crippen molar-refractivity contribution in [1.82, 2.24) is 4.90 Å². The Morgan fingerprint density at radius 1 is 0.531 bits per heavy atom. The van der Waals surface area contributed by atoms with E-state index < -0.39 is 129 Å². The summed E-state index contributed by atoms with van der Waals surface area (Å²) in [5.41, 5.74) is 1.01. The quantitative estimate of drug-likeness (QED) is 0.0355. The average Bonchev–Trinajstić information content (AvgIpc) is 3.66. The molecule has 3 atom stereocenters. The van der Waals surface area contributed by atoms with Crippen LogP contribution in [0, 0.1) is 17.8 Å². The van der Waals surface area contributed by atoms with Crippen LogP contribution in [0.1, 0.15) is 76.6 Å². The zero-order valence-corrected chi connectivity index (χ0v) is 125. The number of amides is 2. The molecule has 3 N–H and O–H groups in total. The summed E-state index contributed by atoms with van der Waals surface area (Å²) in [5, 5.41) is 8.39. The van der Waals surface area contributed by atoms with Gasteiger partial charge in [-0.2, -0.15) is 8.42 Å². The Morgan fingerprint density at radius 2 is 0.790 bits per heavy atom. The van der Waals surface area contributed by atoms with Crippen LogP contribution in [0.25, 0.3) is 0 Å². The number of rotatable bonds is 28. The van der Waals surface area contributed by atoms with E-state index in [9.17, 15) is 18.0 Å². The monoisotopic (exact) mass is 5460 g/mol. The van der Waals surface area contributed by atoms with Crippen molar-refractivity contribution < 1.29 is 72.9 Å². The van der Waals surface area contributed by atoms with E-state index in [-0.39, 0.29) is 52.2 Å². The third kappa shape index (κ3) is 62.7. The van der Waals surface area contributed by atoms with Gasteiger partial charge in [0.25, 0.3) is 21.9 Å². The number of hydrogen-bond donors (Lipinski definition) is 2. The van der Waals surface area contributed by atoms with Gasteiger partial charge in [0.05, 0.1) is 50.4 Å². The summed E-state index contributed by atoms with van der Waals surface area (Å²) >= 11 is 63.4. The number of methoxy groups -OCH3 is 3. The summed E-state index contributed by atoms with van der Waals surface area (Å²) in [5.74, 6) is 5.16. The third-order valence-corrected chi connectivity index (χ3v) is 2570. The van der Waals surface area contributed by atoms with Gasteiger partial charge in [0.1, 0.15) is 0 Å². The molecule has 0 saturated heterocycles. The van der Waals surface area contributed by atoms with Crippen LogP contribution in [-0.2, 0) is 33.3 Å². The number of benzene rings is 1. The van der Waals surface area contributed by atoms with E-state index in [0.717, 1.165) is 11.2 Å². The van der Waals surface area contributed by atoms with Crippen LogP contribution in [0.15, 0.2) is 24.3 Å². The minimum absolute atomic E-state index is 0. The van der Waals surface area contributed by atoms with E-state index in [0.29, 0.717) is 70.0 Å². The Bertz CT molecular complexity index is 1730. The van der Waals surface area contributed by atoms with Crippen LogP contribution in [0.4, 0.5) is 0 Å². The number of hydrogen-bond acceptors (Lipinski definition) is 11. The summed E-state index contributed by atoms with van der Waals surface area (Å²) in [6.07, 6.45) is 1.03. The standard InChI is InChI=1S/C9H7NO2.C6H14O4S.C5H13NO2.C5H12O2.2C2H6.CH4.I35.I3/c1-10-8(11)6-4-2-3-5-7(6)9(10)12;1-6(4-9-2)5-10-11(3,7)8;1-5(3-7-2)4-8-6;1-5(3-6)4-7-2;2*1-2;;1-19-21(4)23(6)25(8)27(10)29(12)31(14)33(16)35(18)34(17)32(15)30(13)28(11)26(9)24(7)22(5)20(2)3;1-3-2/h2-5H,1H3;6H,4-5H2,1-3H3;5H,3-4,6H2,1-2H3;5-6H,3-4H2,1-2H3;2*1-2H3;1H4;;/q;;;;;;;2*-1. The molecule has 0 bridgehead atoms. The molecular formula is C30H62I38N2O10S-2. The Balaban J connectivity index is -0.000000192. The summed E-state index contributed by atoms with van der Waals surface area (Å²) < 4.78 is 39.8. The number of aliphatic hydroxyl groups excluding tert-OH is 1. The molecule has 0 radical (unpaired) electrons. The summed E-state index contributed by atoms with van der Waals surface area (Å²) in [6.45, 7) is 16.6. The maximum absolute atomic E-state index is 11.3. The number of imide groups is 1. The fourth-order valence-electron chi connectivity index (χ4n) is 3.16. The van der Waals surface area contributed by atoms with Gasteiger partial charge in [-0.25, -0.2) is 5.90 Å². The van der Waals surface area contributed by atoms with Gasteiger partial charge in [-0.1, -0.05) is 68.0 Å². The number of ether oxygens (including phenoxy) is 3. The van der Waals surface area contributed by atoms with Gasteiger partial charge >= 0.3 is 525 Å². The molecule has 1 aliphatic heterocycles. The minimum atomic E-state index is -3.29. The molecule has 1 aromatic carbocycles. The van der Waals surface area contributed by atoms with Crippen LogP contribution in [0.3, 0.4) is 0 Å². The van der Waals surface area contributed by atoms with Crippen molar-refractivity contribution in [1.29, 1.82) is 0 Å². The van der Waals surface area contributed by atoms with E-state index in [1.165, 1.54) is 7.05 Å². The van der Waals surface area contributed by atoms with Crippen LogP contribution in [-0.4, -0.2) is 105 Å². The third-order valence-electron chi connectivity index (χ3n) is 5.88. The molecule has 1 aromatic rings. The summed E-state index contributed by atoms with van der Waals surface area (Å²) in [6, 6.07) is 6.84. The average molecular weight is 5470 g/mol. The second-order valence-electron chi connectivity index (χ2n) is 11.6. The molecule has 0 aromatic heterocycles. The summed E-state index contributed by atoms with van der Waals surface area (Å²) in [4.78, 5) is 28.1. The number of nitrogens with zero attached hydrogens (tertiary/aromatic N) is 1. The van der Waals surface area contributed by atoms with E-state index in [1.807, 2.05) is 48.5 Å². The normalized spacial score (nSPS) is 15.3. The van der Waals surface area contributed by atoms with Crippen LogP contribution in [0.2, 0.25) is 0 Å². The zero-order chi connectivity index (χ0) is 64.4. The molecule has 0 spiro atoms. The fraction of sp³-hybridized carbons (Fsp3) is 0.733. The van der Waals surface area contributed by atoms with Crippen molar-refractivity contribution in [3.05, 3.63) is 35.4 Å². The fourth-order valence-corrected chi connectivity index (χ4v) is 6080. The van der Waals surface area contributed by atoms with E-state index in [4.69, 9.17) is 25.2 Å². The van der Waals surface area contributed by atoms with Gasteiger partial charge < -0.3 is 24.2 Å². The maximum atomic E-state index is 11.3. The second-order valence-corrected chi connectivity index (χ2v) is 826. The topological polar surface area (TPSA) is 164 Å². The number of carbonyl (C=O) groups excluding carboxylic acids is 2. The Morgan fingerprint density at radius 3 is 1.01 bits per heavy atom. The number of carbonyl (C=O) groups is 2. The Labute approximate surface area is 755 Å². The van der Waals surface area contributed by atoms with Crippen molar-refractivity contribution in [2.24, 2.45) is 23.7 Å². The first-order chi connectivity index (χ1) is 37.1. The van der Waals surface area contributed by atoms with Gasteiger partial charge in [-0.3, -0.25) is 18.7 Å². The van der Waals surface area contributed by atoms with Gasteiger partial charge in [0.15, 0.2) is 0 Å². The van der Waals surface area contributed by atoms with Crippen LogP contribution in [0.5, 0.6) is 0 Å². The van der Waals surface area contributed by atoms with Gasteiger partial charge in [0, 0.05) is 52.7 Å². The molecule has 526 valence electrons. The molecule has 1 heterocycles. The first-order valence-electron chi connectivity index (χ1n) is 19.1. The first kappa shape index (κ1) is 120. The van der Waals surface area contributed by atoms with Crippen molar-refractivity contribution in [2.45, 2.75) is 55.9 Å². The molecule has 0 fully saturated rings. The molecule has 2 rings (SSSR count). The number of nitrogens with two attached hydrogens (primary N) is 1. The molecule has 0 saturated carbocycles. The predicted octanol–water partition coefficient (Wildman–Crippen LogP) is 30.2. The van der Waals surface area contributed by atoms with E-state index >= 15 is 0 Å². The molecule has 51 heteroatoms. The molecule has 1 aliphatic rings. The van der Waals surface area contributed by atoms with Crippen molar-refractivity contribution in [3.8, 4) is 0 Å². The Hall–Kier alpha value is 25.8. The number of fused-ring (bicyclic) bond motifs is 1. The van der Waals surface area contributed by atoms with Crippen molar-refractivity contribution in [2.75, 3.05) is 74.3 Å². The molecule has 2 amide bonds. The Kier molecular flexibility index (Phi) is 118.